The number of nitrogens with one attached hydrogen (secondary N) is 1. The Labute approximate surface area is 124 Å². The third-order valence-corrected chi connectivity index (χ3v) is 5.24. The molecule has 1 aliphatic heterocycles. The van der Waals surface area contributed by atoms with Gasteiger partial charge in [0.2, 0.25) is 0 Å². The van der Waals surface area contributed by atoms with Gasteiger partial charge in [-0.25, -0.2) is 0 Å². The minimum Gasteiger partial charge on any atom is -0.347 e. The van der Waals surface area contributed by atoms with Gasteiger partial charge in [-0.3, -0.25) is 9.69 Å². The van der Waals surface area contributed by atoms with Gasteiger partial charge in [-0.15, -0.1) is 0 Å². The van der Waals surface area contributed by atoms with E-state index in [0.717, 1.165) is 23.7 Å². The van der Waals surface area contributed by atoms with Crippen molar-refractivity contribution in [3.63, 3.8) is 0 Å². The van der Waals surface area contributed by atoms with E-state index in [1.54, 1.807) is 0 Å². The summed E-state index contributed by atoms with van der Waals surface area (Å²) in [7, 11) is 0. The first-order chi connectivity index (χ1) is 9.54. The minimum atomic E-state index is 0.0526. The standard InChI is InChI=1S/C15H23N3OS/c1-9(2)18-7-10(3)13(8-18)16-15(19)14-6-12(17-20-14)11-4-5-11/h6,9-11,13H,4-5,7-8H2,1-3H3,(H,16,19)/t10-,13+/m0/s1. The predicted octanol–water partition coefficient (Wildman–Crippen LogP) is 2.48. The van der Waals surface area contributed by atoms with Crippen molar-refractivity contribution in [2.24, 2.45) is 5.92 Å². The van der Waals surface area contributed by atoms with E-state index in [2.05, 4.69) is 35.4 Å². The molecule has 4 nitrogen and oxygen atoms in total. The van der Waals surface area contributed by atoms with Crippen LogP contribution in [0.25, 0.3) is 0 Å². The minimum absolute atomic E-state index is 0.0526. The van der Waals surface area contributed by atoms with E-state index in [0.29, 0.717) is 17.9 Å². The predicted molar refractivity (Wildman–Crippen MR) is 81.2 cm³/mol. The molecule has 2 aliphatic rings. The van der Waals surface area contributed by atoms with Crippen LogP contribution >= 0.6 is 11.5 Å². The van der Waals surface area contributed by atoms with Crippen molar-refractivity contribution in [2.45, 2.75) is 51.6 Å². The summed E-state index contributed by atoms with van der Waals surface area (Å²) in [6, 6.07) is 2.79. The van der Waals surface area contributed by atoms with Crippen LogP contribution in [0.15, 0.2) is 6.07 Å². The molecule has 20 heavy (non-hydrogen) atoms. The van der Waals surface area contributed by atoms with Crippen molar-refractivity contribution >= 4 is 17.4 Å². The van der Waals surface area contributed by atoms with Gasteiger partial charge in [0.25, 0.3) is 5.91 Å². The van der Waals surface area contributed by atoms with Crippen LogP contribution < -0.4 is 5.32 Å². The maximum absolute atomic E-state index is 12.3. The molecule has 1 saturated heterocycles. The summed E-state index contributed by atoms with van der Waals surface area (Å²) in [5, 5.41) is 3.19. The molecular formula is C15H23N3OS. The van der Waals surface area contributed by atoms with Crippen LogP contribution in [0.1, 0.15) is 54.9 Å². The number of rotatable bonds is 4. The van der Waals surface area contributed by atoms with Gasteiger partial charge in [-0.1, -0.05) is 6.92 Å². The average molecular weight is 293 g/mol. The largest absolute Gasteiger partial charge is 0.347 e. The van der Waals surface area contributed by atoms with E-state index < -0.39 is 0 Å². The lowest BCUT2D eigenvalue weighted by Crippen LogP contribution is -2.40. The van der Waals surface area contributed by atoms with Crippen molar-refractivity contribution in [1.29, 1.82) is 0 Å². The molecule has 1 aliphatic carbocycles. The zero-order valence-corrected chi connectivity index (χ0v) is 13.2. The molecule has 1 amide bonds. The van der Waals surface area contributed by atoms with Crippen LogP contribution in [-0.2, 0) is 0 Å². The lowest BCUT2D eigenvalue weighted by Gasteiger charge is -2.20. The molecule has 2 fully saturated rings. The Kier molecular flexibility index (Phi) is 3.82. The van der Waals surface area contributed by atoms with Gasteiger partial charge in [0.05, 0.1) is 5.69 Å². The average Bonchev–Trinajstić information content (AvgIpc) is 3.01. The van der Waals surface area contributed by atoms with Crippen LogP contribution in [0.5, 0.6) is 0 Å². The van der Waals surface area contributed by atoms with Gasteiger partial charge < -0.3 is 5.32 Å². The third kappa shape index (κ3) is 2.88. The summed E-state index contributed by atoms with van der Waals surface area (Å²) in [4.78, 5) is 15.5. The van der Waals surface area contributed by atoms with E-state index in [1.807, 2.05) is 6.07 Å². The zero-order chi connectivity index (χ0) is 14.3. The molecule has 5 heteroatoms. The summed E-state index contributed by atoms with van der Waals surface area (Å²) >= 11 is 1.34. The highest BCUT2D eigenvalue weighted by molar-refractivity contribution is 7.08. The Balaban J connectivity index is 1.60. The number of nitrogens with zero attached hydrogens (tertiary/aromatic N) is 2. The smallest absolute Gasteiger partial charge is 0.263 e. The second kappa shape index (κ2) is 5.45. The third-order valence-electron chi connectivity index (χ3n) is 4.44. The molecule has 1 aromatic rings. The molecule has 0 aromatic carbocycles. The highest BCUT2D eigenvalue weighted by Gasteiger charge is 2.33. The van der Waals surface area contributed by atoms with Gasteiger partial charge in [0.1, 0.15) is 4.88 Å². The zero-order valence-electron chi connectivity index (χ0n) is 12.4. The molecule has 1 N–H and O–H groups in total. The van der Waals surface area contributed by atoms with Crippen molar-refractivity contribution in [3.8, 4) is 0 Å². The maximum atomic E-state index is 12.3. The Morgan fingerprint density at radius 1 is 1.45 bits per heavy atom. The van der Waals surface area contributed by atoms with Gasteiger partial charge in [0, 0.05) is 31.1 Å². The number of amides is 1. The first-order valence-electron chi connectivity index (χ1n) is 7.56. The molecule has 0 bridgehead atoms. The number of carbonyl (C=O) groups is 1. The molecule has 0 radical (unpaired) electrons. The van der Waals surface area contributed by atoms with E-state index >= 15 is 0 Å². The molecule has 3 rings (SSSR count). The number of aromatic nitrogens is 1. The Morgan fingerprint density at radius 3 is 2.80 bits per heavy atom. The van der Waals surface area contributed by atoms with Crippen LogP contribution in [-0.4, -0.2) is 40.4 Å². The first kappa shape index (κ1) is 14.0. The molecule has 2 atom stereocenters. The van der Waals surface area contributed by atoms with Crippen LogP contribution in [0.4, 0.5) is 0 Å². The number of hydrogen-bond acceptors (Lipinski definition) is 4. The van der Waals surface area contributed by atoms with Crippen LogP contribution in [0.3, 0.4) is 0 Å². The first-order valence-corrected chi connectivity index (χ1v) is 8.33. The summed E-state index contributed by atoms with van der Waals surface area (Å²) in [5.74, 6) is 1.18. The lowest BCUT2D eigenvalue weighted by molar-refractivity contribution is 0.0935. The van der Waals surface area contributed by atoms with Crippen LogP contribution in [0.2, 0.25) is 0 Å². The molecular weight excluding hydrogens is 270 g/mol. The van der Waals surface area contributed by atoms with Crippen molar-refractivity contribution in [1.82, 2.24) is 14.6 Å². The second-order valence-corrected chi connectivity index (χ2v) is 7.30. The fourth-order valence-corrected chi connectivity index (χ4v) is 3.54. The van der Waals surface area contributed by atoms with Crippen molar-refractivity contribution in [2.75, 3.05) is 13.1 Å². The van der Waals surface area contributed by atoms with Gasteiger partial charge in [-0.05, 0) is 50.2 Å². The second-order valence-electron chi connectivity index (χ2n) is 6.50. The number of likely N-dealkylation sites (tertiary alicyclic amines) is 1. The molecule has 0 spiro atoms. The Hall–Kier alpha value is -0.940. The van der Waals surface area contributed by atoms with Crippen LogP contribution in [0, 0.1) is 5.92 Å². The Bertz CT molecular complexity index is 495. The van der Waals surface area contributed by atoms with E-state index in [9.17, 15) is 4.79 Å². The summed E-state index contributed by atoms with van der Waals surface area (Å²) < 4.78 is 4.41. The van der Waals surface area contributed by atoms with E-state index in [1.165, 1.54) is 24.4 Å². The normalized spacial score (nSPS) is 27.2. The Morgan fingerprint density at radius 2 is 2.20 bits per heavy atom. The number of hydrogen-bond donors (Lipinski definition) is 1. The summed E-state index contributed by atoms with van der Waals surface area (Å²) in [6.07, 6.45) is 2.46. The maximum Gasteiger partial charge on any atom is 0.263 e. The highest BCUT2D eigenvalue weighted by atomic mass is 32.1. The van der Waals surface area contributed by atoms with Gasteiger partial charge >= 0.3 is 0 Å². The molecule has 2 heterocycles. The van der Waals surface area contributed by atoms with E-state index in [4.69, 9.17) is 0 Å². The quantitative estimate of drug-likeness (QED) is 0.927. The SMILES string of the molecule is CC(C)N1C[C@H](C)[C@H](NC(=O)c2cc(C3CC3)ns2)C1. The lowest BCUT2D eigenvalue weighted by atomic mass is 10.1. The molecule has 0 unspecified atom stereocenters. The number of carbonyl (C=O) groups excluding carboxylic acids is 1. The van der Waals surface area contributed by atoms with Crippen molar-refractivity contribution in [3.05, 3.63) is 16.6 Å². The van der Waals surface area contributed by atoms with Crippen molar-refractivity contribution < 1.29 is 4.79 Å². The van der Waals surface area contributed by atoms with Gasteiger partial charge in [-0.2, -0.15) is 4.37 Å². The summed E-state index contributed by atoms with van der Waals surface area (Å²) in [5.41, 5.74) is 1.11. The highest BCUT2D eigenvalue weighted by Crippen LogP contribution is 2.40. The monoisotopic (exact) mass is 293 g/mol. The van der Waals surface area contributed by atoms with E-state index in [-0.39, 0.29) is 11.9 Å². The summed E-state index contributed by atoms with van der Waals surface area (Å²) in [6.45, 7) is 8.66. The topological polar surface area (TPSA) is 45.2 Å². The van der Waals surface area contributed by atoms with Gasteiger partial charge in [0.15, 0.2) is 0 Å². The molecule has 1 saturated carbocycles. The fraction of sp³-hybridized carbons (Fsp3) is 0.733. The molecule has 110 valence electrons. The fourth-order valence-electron chi connectivity index (χ4n) is 2.82. The molecule has 1 aromatic heterocycles.